The Morgan fingerprint density at radius 3 is 1.91 bits per heavy atom. The molecule has 0 aliphatic carbocycles. The number of hydrogen-bond donors (Lipinski definition) is 0. The first-order valence-electron chi connectivity index (χ1n) is 12.0. The van der Waals surface area contributed by atoms with Crippen molar-refractivity contribution < 1.29 is 0 Å². The lowest BCUT2D eigenvalue weighted by molar-refractivity contribution is 0.252. The van der Waals surface area contributed by atoms with E-state index < -0.39 is 0 Å². The van der Waals surface area contributed by atoms with Crippen molar-refractivity contribution in [1.82, 2.24) is 19.6 Å². The average Bonchev–Trinajstić information content (AvgIpc) is 3.59. The summed E-state index contributed by atoms with van der Waals surface area (Å²) in [4.78, 5) is 12.7. The maximum Gasteiger partial charge on any atom is 0.0577 e. The van der Waals surface area contributed by atoms with Crippen molar-refractivity contribution in [2.45, 2.75) is 65.8 Å². The standard InChI is InChI=1S/C7H13N.C6H11N.C5H9N.C5H7N.C4H6N2/c1-7(2)5-4-6-8(7)3;1-6-4-3-5-7(6)2;2*1-5-3-2-4-6-5;1-6-4-2-3-5-6/h4,6H,5H2,1-3H3;4H,3,5H2,1-2H3;2-4H2,1H3;2-3H,4H2,1H3;2-4H,1H3. The summed E-state index contributed by atoms with van der Waals surface area (Å²) in [5.41, 5.74) is 4.27. The monoisotopic (exact) mass is 454 g/mol. The van der Waals surface area contributed by atoms with Crippen molar-refractivity contribution in [3.63, 3.8) is 0 Å². The second-order valence-corrected chi connectivity index (χ2v) is 9.35. The summed E-state index contributed by atoms with van der Waals surface area (Å²) in [5, 5.41) is 3.83. The Labute approximate surface area is 202 Å². The molecule has 0 unspecified atom stereocenters. The fraction of sp³-hybridized carbons (Fsp3) is 0.593. The zero-order valence-electron chi connectivity index (χ0n) is 22.3. The second kappa shape index (κ2) is 15.3. The van der Waals surface area contributed by atoms with E-state index in [0.717, 1.165) is 18.8 Å². The predicted molar refractivity (Wildman–Crippen MR) is 144 cm³/mol. The number of aryl methyl sites for hydroxylation is 1. The highest BCUT2D eigenvalue weighted by atomic mass is 15.2. The third kappa shape index (κ3) is 12.9. The van der Waals surface area contributed by atoms with Crippen LogP contribution in [0.4, 0.5) is 0 Å². The van der Waals surface area contributed by atoms with Crippen LogP contribution in [0.2, 0.25) is 0 Å². The van der Waals surface area contributed by atoms with E-state index in [-0.39, 0.29) is 0 Å². The Morgan fingerprint density at radius 1 is 1.00 bits per heavy atom. The zero-order chi connectivity index (χ0) is 24.7. The molecule has 6 heteroatoms. The van der Waals surface area contributed by atoms with Crippen LogP contribution in [0, 0.1) is 0 Å². The van der Waals surface area contributed by atoms with Crippen molar-refractivity contribution in [3.8, 4) is 0 Å². The average molecular weight is 455 g/mol. The van der Waals surface area contributed by atoms with Crippen LogP contribution in [0.15, 0.2) is 64.6 Å². The number of nitrogens with zero attached hydrogens (tertiary/aromatic N) is 6. The first-order valence-corrected chi connectivity index (χ1v) is 12.0. The lowest BCUT2D eigenvalue weighted by Crippen LogP contribution is -2.32. The lowest BCUT2D eigenvalue weighted by atomic mass is 10.0. The summed E-state index contributed by atoms with van der Waals surface area (Å²) in [6.07, 6.45) is 19.3. The SMILES string of the molecule is CC1=CCCN1C.CC1=NCC=C1.CC1=NCCC1.CN1C=CCC1(C)C.Cn1cccn1. The topological polar surface area (TPSA) is 49.0 Å². The highest BCUT2D eigenvalue weighted by Crippen LogP contribution is 2.23. The van der Waals surface area contributed by atoms with E-state index in [0.29, 0.717) is 5.54 Å². The molecule has 0 fully saturated rings. The Hall–Kier alpha value is -2.63. The molecule has 0 radical (unpaired) electrons. The van der Waals surface area contributed by atoms with Gasteiger partial charge >= 0.3 is 0 Å². The van der Waals surface area contributed by atoms with Gasteiger partial charge in [-0.1, -0.05) is 18.2 Å². The van der Waals surface area contributed by atoms with Crippen LogP contribution in [0.3, 0.4) is 0 Å². The highest BCUT2D eigenvalue weighted by molar-refractivity contribution is 5.94. The van der Waals surface area contributed by atoms with Gasteiger partial charge in [-0.05, 0) is 78.6 Å². The molecule has 5 rings (SSSR count). The first kappa shape index (κ1) is 28.4. The third-order valence-electron chi connectivity index (χ3n) is 5.93. The predicted octanol–water partition coefficient (Wildman–Crippen LogP) is 5.52. The lowest BCUT2D eigenvalue weighted by Gasteiger charge is -2.28. The van der Waals surface area contributed by atoms with Crippen LogP contribution in [0.25, 0.3) is 0 Å². The molecule has 4 aliphatic heterocycles. The molecule has 4 aliphatic rings. The maximum absolute atomic E-state index is 4.15. The minimum atomic E-state index is 0.375. The van der Waals surface area contributed by atoms with Crippen molar-refractivity contribution in [3.05, 3.63) is 54.7 Å². The maximum atomic E-state index is 4.15. The minimum Gasteiger partial charge on any atom is -0.378 e. The molecule has 0 atom stereocenters. The second-order valence-electron chi connectivity index (χ2n) is 9.35. The summed E-state index contributed by atoms with van der Waals surface area (Å²) in [5.74, 6) is 0. The van der Waals surface area contributed by atoms with Gasteiger partial charge in [0.2, 0.25) is 0 Å². The molecule has 0 aromatic carbocycles. The van der Waals surface area contributed by atoms with Gasteiger partial charge in [0.05, 0.1) is 6.54 Å². The van der Waals surface area contributed by atoms with Crippen LogP contribution < -0.4 is 0 Å². The van der Waals surface area contributed by atoms with Crippen LogP contribution >= 0.6 is 0 Å². The number of allylic oxidation sites excluding steroid dienone is 2. The van der Waals surface area contributed by atoms with Gasteiger partial charge in [-0.3, -0.25) is 14.7 Å². The quantitative estimate of drug-likeness (QED) is 0.519. The highest BCUT2D eigenvalue weighted by Gasteiger charge is 2.22. The Balaban J connectivity index is 0.000000207. The summed E-state index contributed by atoms with van der Waals surface area (Å²) in [6, 6.07) is 1.89. The number of hydrogen-bond acceptors (Lipinski definition) is 5. The van der Waals surface area contributed by atoms with Crippen molar-refractivity contribution >= 4 is 11.4 Å². The number of aromatic nitrogens is 2. The van der Waals surface area contributed by atoms with E-state index in [9.17, 15) is 0 Å². The molecule has 5 heterocycles. The molecule has 0 saturated carbocycles. The van der Waals surface area contributed by atoms with Crippen molar-refractivity contribution in [2.24, 2.45) is 17.0 Å². The van der Waals surface area contributed by atoms with E-state index in [1.165, 1.54) is 43.6 Å². The van der Waals surface area contributed by atoms with Gasteiger partial charge in [0.15, 0.2) is 0 Å². The van der Waals surface area contributed by atoms with E-state index >= 15 is 0 Å². The summed E-state index contributed by atoms with van der Waals surface area (Å²) in [6.45, 7) is 13.9. The molecule has 1 aromatic rings. The van der Waals surface area contributed by atoms with Crippen molar-refractivity contribution in [2.75, 3.05) is 33.7 Å². The summed E-state index contributed by atoms with van der Waals surface area (Å²) in [7, 11) is 6.13. The van der Waals surface area contributed by atoms with E-state index in [2.05, 4.69) is 91.1 Å². The van der Waals surface area contributed by atoms with Gasteiger partial charge in [-0.2, -0.15) is 5.10 Å². The largest absolute Gasteiger partial charge is 0.378 e. The van der Waals surface area contributed by atoms with Gasteiger partial charge in [0, 0.05) is 69.3 Å². The fourth-order valence-electron chi connectivity index (χ4n) is 3.15. The van der Waals surface area contributed by atoms with Gasteiger partial charge in [0.1, 0.15) is 0 Å². The fourth-order valence-corrected chi connectivity index (χ4v) is 3.15. The summed E-state index contributed by atoms with van der Waals surface area (Å²) >= 11 is 0. The Morgan fingerprint density at radius 2 is 1.76 bits per heavy atom. The van der Waals surface area contributed by atoms with Gasteiger partial charge < -0.3 is 9.80 Å². The molecule has 6 nitrogen and oxygen atoms in total. The van der Waals surface area contributed by atoms with Crippen molar-refractivity contribution in [1.29, 1.82) is 0 Å². The molecular weight excluding hydrogens is 408 g/mol. The number of aliphatic imine (C=N–C) groups is 2. The molecule has 0 spiro atoms. The molecule has 0 bridgehead atoms. The zero-order valence-corrected chi connectivity index (χ0v) is 22.3. The van der Waals surface area contributed by atoms with Crippen LogP contribution in [-0.4, -0.2) is 70.3 Å². The molecule has 1 aromatic heterocycles. The van der Waals surface area contributed by atoms with Crippen LogP contribution in [0.5, 0.6) is 0 Å². The molecule has 33 heavy (non-hydrogen) atoms. The molecule has 0 N–H and O–H groups in total. The smallest absolute Gasteiger partial charge is 0.0577 e. The molecule has 0 amide bonds. The van der Waals surface area contributed by atoms with Gasteiger partial charge in [-0.15, -0.1) is 0 Å². The molecule has 0 saturated heterocycles. The van der Waals surface area contributed by atoms with E-state index in [1.807, 2.05) is 32.3 Å². The Bertz CT molecular complexity index is 809. The van der Waals surface area contributed by atoms with Gasteiger partial charge in [0.25, 0.3) is 0 Å². The normalized spacial score (nSPS) is 19.1. The van der Waals surface area contributed by atoms with E-state index in [1.54, 1.807) is 10.9 Å². The molecule has 184 valence electrons. The van der Waals surface area contributed by atoms with Crippen LogP contribution in [0.1, 0.15) is 60.3 Å². The third-order valence-corrected chi connectivity index (χ3v) is 5.93. The van der Waals surface area contributed by atoms with E-state index in [4.69, 9.17) is 0 Å². The molecular formula is C27H46N6. The summed E-state index contributed by atoms with van der Waals surface area (Å²) < 4.78 is 1.75. The number of rotatable bonds is 0. The van der Waals surface area contributed by atoms with Crippen LogP contribution in [-0.2, 0) is 7.05 Å². The minimum absolute atomic E-state index is 0.375. The first-order chi connectivity index (χ1) is 15.6. The Kier molecular flexibility index (Phi) is 13.1. The van der Waals surface area contributed by atoms with Gasteiger partial charge in [-0.25, -0.2) is 0 Å².